The molecule has 0 saturated carbocycles. The molecule has 1 fully saturated rings. The van der Waals surface area contributed by atoms with Gasteiger partial charge < -0.3 is 9.64 Å². The Kier molecular flexibility index (Phi) is 7.50. The number of carbonyl (C=O) groups is 1. The summed E-state index contributed by atoms with van der Waals surface area (Å²) in [6.45, 7) is -2.00. The monoisotopic (exact) mass is 547 g/mol. The van der Waals surface area contributed by atoms with Gasteiger partial charge in [0.15, 0.2) is 0 Å². The second-order valence-electron chi connectivity index (χ2n) is 6.82. The van der Waals surface area contributed by atoms with Gasteiger partial charge in [-0.2, -0.15) is 74.6 Å². The molecule has 1 rings (SSSR count). The number of alkyl halides is 17. The maximum Gasteiger partial charge on any atom is 0.460 e. The molecular formula is C14H10F17NO2. The Bertz CT molecular complexity index is 754. The average Bonchev–Trinajstić information content (AvgIpc) is 2.66. The molecule has 1 heterocycles. The van der Waals surface area contributed by atoms with Gasteiger partial charge >= 0.3 is 47.6 Å². The molecule has 0 N–H and O–H groups in total. The average molecular weight is 547 g/mol. The number of nitrogens with zero attached hydrogens (tertiary/aromatic N) is 1. The van der Waals surface area contributed by atoms with Gasteiger partial charge in [0.05, 0.1) is 19.6 Å². The van der Waals surface area contributed by atoms with E-state index in [1.165, 1.54) is 0 Å². The summed E-state index contributed by atoms with van der Waals surface area (Å²) in [6.07, 6.45) is -10.9. The molecule has 1 amide bonds. The first-order valence-electron chi connectivity index (χ1n) is 8.31. The number of ether oxygens (including phenoxy) is 1. The molecular weight excluding hydrogens is 537 g/mol. The Balaban J connectivity index is 3.45. The molecule has 0 aliphatic carbocycles. The summed E-state index contributed by atoms with van der Waals surface area (Å²) < 4.78 is 228. The predicted octanol–water partition coefficient (Wildman–Crippen LogP) is 5.24. The standard InChI is InChI=1S/C14H10F17NO2/c15-7(16,5-6(33)32-1-3-34-4-2-32)8(17,18)9(19,20)10(21,22)11(23,24)12(25,26)13(27,28)14(29,30)31/h1-5H2. The maximum absolute atomic E-state index is 13.7. The minimum Gasteiger partial charge on any atom is -0.378 e. The largest absolute Gasteiger partial charge is 0.460 e. The van der Waals surface area contributed by atoms with Crippen LogP contribution < -0.4 is 0 Å². The van der Waals surface area contributed by atoms with E-state index in [-0.39, 0.29) is 4.90 Å². The van der Waals surface area contributed by atoms with Crippen LogP contribution in [0.5, 0.6) is 0 Å². The highest BCUT2D eigenvalue weighted by Crippen LogP contribution is 2.64. The van der Waals surface area contributed by atoms with Gasteiger partial charge in [-0.05, 0) is 0 Å². The Morgan fingerprint density at radius 1 is 0.559 bits per heavy atom. The molecule has 0 aromatic heterocycles. The van der Waals surface area contributed by atoms with Crippen molar-refractivity contribution in [3.63, 3.8) is 0 Å². The van der Waals surface area contributed by atoms with Crippen LogP contribution in [0.4, 0.5) is 74.6 Å². The smallest absolute Gasteiger partial charge is 0.378 e. The number of halogens is 17. The molecule has 0 spiro atoms. The third-order valence-corrected chi connectivity index (χ3v) is 4.52. The lowest BCUT2D eigenvalue weighted by Crippen LogP contribution is -2.74. The molecule has 1 aliphatic heterocycles. The van der Waals surface area contributed by atoms with Crippen molar-refractivity contribution in [3.8, 4) is 0 Å². The molecule has 20 heteroatoms. The van der Waals surface area contributed by atoms with E-state index in [0.29, 0.717) is 0 Å². The van der Waals surface area contributed by atoms with Crippen LogP contribution in [0.15, 0.2) is 0 Å². The summed E-state index contributed by atoms with van der Waals surface area (Å²) in [6, 6.07) is 0. The first kappa shape index (κ1) is 30.3. The maximum atomic E-state index is 13.7. The first-order valence-corrected chi connectivity index (χ1v) is 8.31. The number of carbonyl (C=O) groups excluding carboxylic acids is 1. The van der Waals surface area contributed by atoms with Crippen LogP contribution in [0.2, 0.25) is 0 Å². The Morgan fingerprint density at radius 2 is 0.882 bits per heavy atom. The van der Waals surface area contributed by atoms with Gasteiger partial charge in [-0.1, -0.05) is 0 Å². The third-order valence-electron chi connectivity index (χ3n) is 4.52. The summed E-state index contributed by atoms with van der Waals surface area (Å²) in [4.78, 5) is 11.8. The van der Waals surface area contributed by atoms with E-state index in [0.717, 1.165) is 0 Å². The van der Waals surface area contributed by atoms with Crippen molar-refractivity contribution in [1.82, 2.24) is 4.90 Å². The fourth-order valence-corrected chi connectivity index (χ4v) is 2.42. The Labute approximate surface area is 176 Å². The lowest BCUT2D eigenvalue weighted by atomic mass is 9.88. The molecule has 202 valence electrons. The zero-order chi connectivity index (χ0) is 27.4. The fraction of sp³-hybridized carbons (Fsp3) is 0.929. The third kappa shape index (κ3) is 4.22. The molecule has 0 aromatic carbocycles. The van der Waals surface area contributed by atoms with Crippen molar-refractivity contribution in [2.45, 2.75) is 54.1 Å². The summed E-state index contributed by atoms with van der Waals surface area (Å²) in [5.41, 5.74) is 0. The Morgan fingerprint density at radius 3 is 1.24 bits per heavy atom. The van der Waals surface area contributed by atoms with Crippen molar-refractivity contribution in [3.05, 3.63) is 0 Å². The minimum absolute atomic E-state index is 0.260. The lowest BCUT2D eigenvalue weighted by molar-refractivity contribution is -0.461. The van der Waals surface area contributed by atoms with Crippen molar-refractivity contribution >= 4 is 5.91 Å². The van der Waals surface area contributed by atoms with E-state index in [9.17, 15) is 79.4 Å². The molecule has 34 heavy (non-hydrogen) atoms. The van der Waals surface area contributed by atoms with Crippen LogP contribution in [-0.4, -0.2) is 84.7 Å². The Hall–Kier alpha value is -1.76. The van der Waals surface area contributed by atoms with Gasteiger partial charge in [-0.3, -0.25) is 4.79 Å². The normalized spacial score (nSPS) is 18.3. The van der Waals surface area contributed by atoms with Gasteiger partial charge in [-0.15, -0.1) is 0 Å². The molecule has 0 radical (unpaired) electrons. The van der Waals surface area contributed by atoms with Crippen LogP contribution in [0, 0.1) is 0 Å². The zero-order valence-corrected chi connectivity index (χ0v) is 15.7. The highest BCUT2D eigenvalue weighted by Gasteiger charge is 2.95. The number of hydrogen-bond donors (Lipinski definition) is 0. The van der Waals surface area contributed by atoms with E-state index in [1.807, 2.05) is 0 Å². The molecule has 3 nitrogen and oxygen atoms in total. The molecule has 0 unspecified atom stereocenters. The van der Waals surface area contributed by atoms with E-state index in [2.05, 4.69) is 4.74 Å². The van der Waals surface area contributed by atoms with Crippen LogP contribution >= 0.6 is 0 Å². The number of amides is 1. The van der Waals surface area contributed by atoms with Crippen LogP contribution in [0.25, 0.3) is 0 Å². The van der Waals surface area contributed by atoms with Gasteiger partial charge in [0.2, 0.25) is 5.91 Å². The van der Waals surface area contributed by atoms with Crippen LogP contribution in [0.1, 0.15) is 6.42 Å². The zero-order valence-electron chi connectivity index (χ0n) is 15.7. The van der Waals surface area contributed by atoms with Gasteiger partial charge in [0, 0.05) is 13.1 Å². The van der Waals surface area contributed by atoms with E-state index >= 15 is 0 Å². The number of hydrogen-bond acceptors (Lipinski definition) is 2. The van der Waals surface area contributed by atoms with Crippen LogP contribution in [-0.2, 0) is 9.53 Å². The van der Waals surface area contributed by atoms with E-state index < -0.39 is 86.3 Å². The summed E-state index contributed by atoms with van der Waals surface area (Å²) in [5.74, 6) is -59.2. The molecule has 0 aromatic rings. The summed E-state index contributed by atoms with van der Waals surface area (Å²) >= 11 is 0. The fourth-order valence-electron chi connectivity index (χ4n) is 2.42. The number of morpholine rings is 1. The summed E-state index contributed by atoms with van der Waals surface area (Å²) in [7, 11) is 0. The molecule has 1 aliphatic rings. The quantitative estimate of drug-likeness (QED) is 0.389. The van der Waals surface area contributed by atoms with Gasteiger partial charge in [-0.25, -0.2) is 0 Å². The first-order chi connectivity index (χ1) is 14.7. The number of rotatable bonds is 8. The van der Waals surface area contributed by atoms with Crippen molar-refractivity contribution in [1.29, 1.82) is 0 Å². The minimum atomic E-state index is -8.68. The van der Waals surface area contributed by atoms with E-state index in [1.54, 1.807) is 0 Å². The van der Waals surface area contributed by atoms with Crippen molar-refractivity contribution < 1.29 is 84.2 Å². The highest BCUT2D eigenvalue weighted by atomic mass is 19.4. The lowest BCUT2D eigenvalue weighted by Gasteiger charge is -2.43. The molecule has 0 bridgehead atoms. The second-order valence-corrected chi connectivity index (χ2v) is 6.82. The van der Waals surface area contributed by atoms with Crippen molar-refractivity contribution in [2.24, 2.45) is 0 Å². The molecule has 1 saturated heterocycles. The predicted molar refractivity (Wildman–Crippen MR) is 72.7 cm³/mol. The molecule has 0 atom stereocenters. The highest BCUT2D eigenvalue weighted by molar-refractivity contribution is 5.77. The van der Waals surface area contributed by atoms with Gasteiger partial charge in [0.1, 0.15) is 0 Å². The van der Waals surface area contributed by atoms with Crippen molar-refractivity contribution in [2.75, 3.05) is 26.3 Å². The summed E-state index contributed by atoms with van der Waals surface area (Å²) in [5, 5.41) is 0. The SMILES string of the molecule is O=C(CC(F)(F)C(F)(F)C(F)(F)C(F)(F)C(F)(F)C(F)(F)C(F)(F)C(F)(F)F)N1CCOCC1. The van der Waals surface area contributed by atoms with Crippen LogP contribution in [0.3, 0.4) is 0 Å². The second kappa shape index (κ2) is 8.42. The van der Waals surface area contributed by atoms with E-state index in [4.69, 9.17) is 0 Å². The van der Waals surface area contributed by atoms with Gasteiger partial charge in [0.25, 0.3) is 0 Å². The topological polar surface area (TPSA) is 29.5 Å².